The van der Waals surface area contributed by atoms with Gasteiger partial charge in [-0.3, -0.25) is 9.88 Å². The molecule has 7 aromatic rings. The molecule has 0 spiro atoms. The Morgan fingerprint density at radius 3 is 2.02 bits per heavy atom. The maximum absolute atomic E-state index is 5.56. The number of anilines is 3. The van der Waals surface area contributed by atoms with E-state index < -0.39 is 7.92 Å². The van der Waals surface area contributed by atoms with Crippen molar-refractivity contribution < 1.29 is 0 Å². The quantitative estimate of drug-likeness (QED) is 0.172. The summed E-state index contributed by atoms with van der Waals surface area (Å²) in [4.78, 5) is 12.7. The Hall–Kier alpha value is -5.11. The number of aryl methyl sites for hydroxylation is 2. The fourth-order valence-corrected chi connectivity index (χ4v) is 9.91. The minimum atomic E-state index is -0.751. The molecule has 0 radical (unpaired) electrons. The van der Waals surface area contributed by atoms with E-state index in [2.05, 4.69) is 164 Å². The van der Waals surface area contributed by atoms with Crippen LogP contribution in [0.5, 0.6) is 0 Å². The zero-order valence-corrected chi connectivity index (χ0v) is 27.6. The Morgan fingerprint density at radius 2 is 1.26 bits per heavy atom. The first-order chi connectivity index (χ1) is 23.1. The van der Waals surface area contributed by atoms with E-state index in [-0.39, 0.29) is 5.16 Å². The highest BCUT2D eigenvalue weighted by molar-refractivity contribution is 7.74. The SMILES string of the molecule is CC(C)(c1cccc(N2c3ccccc3CCc3ccc(-c4cccc5cccnc45)cc32)n1)P(c1ccccc1)c1ccccc1. The number of para-hydroxylation sites is 2. The summed E-state index contributed by atoms with van der Waals surface area (Å²) in [6, 6.07) is 54.8. The average molecular weight is 626 g/mol. The van der Waals surface area contributed by atoms with Gasteiger partial charge in [0.05, 0.1) is 22.6 Å². The standard InChI is InChI=1S/C43H36N3P/c1-43(2,47(35-17-5-3-6-18-35)36-19-7-4-8-20-36)40-23-12-24-41(45-40)46-38-22-10-9-14-31(38)25-26-32-27-28-34(30-39(32)46)37-21-11-15-33-16-13-29-44-42(33)37/h3-24,27-30H,25-26H2,1-2H3. The van der Waals surface area contributed by atoms with Crippen molar-refractivity contribution in [3.8, 4) is 11.1 Å². The fourth-order valence-electron chi connectivity index (χ4n) is 7.03. The van der Waals surface area contributed by atoms with Crippen molar-refractivity contribution in [2.45, 2.75) is 31.8 Å². The maximum atomic E-state index is 5.56. The third kappa shape index (κ3) is 5.41. The van der Waals surface area contributed by atoms with Crippen molar-refractivity contribution >= 4 is 46.6 Å². The highest BCUT2D eigenvalue weighted by Crippen LogP contribution is 2.54. The van der Waals surface area contributed by atoms with E-state index in [0.29, 0.717) is 0 Å². The Balaban J connectivity index is 1.30. The summed E-state index contributed by atoms with van der Waals surface area (Å²) in [5.41, 5.74) is 9.43. The molecule has 0 fully saturated rings. The number of rotatable bonds is 6. The van der Waals surface area contributed by atoms with Crippen molar-refractivity contribution in [3.63, 3.8) is 0 Å². The summed E-state index contributed by atoms with van der Waals surface area (Å²) in [6.07, 6.45) is 3.83. The van der Waals surface area contributed by atoms with E-state index in [1.807, 2.05) is 12.3 Å². The van der Waals surface area contributed by atoms with E-state index in [1.165, 1.54) is 33.1 Å². The summed E-state index contributed by atoms with van der Waals surface area (Å²) in [5, 5.41) is 3.61. The Labute approximate surface area is 278 Å². The lowest BCUT2D eigenvalue weighted by molar-refractivity contribution is 0.737. The largest absolute Gasteiger partial charge is 0.294 e. The van der Waals surface area contributed by atoms with Crippen molar-refractivity contribution in [3.05, 3.63) is 175 Å². The van der Waals surface area contributed by atoms with Crippen LogP contribution in [0.4, 0.5) is 17.2 Å². The number of pyridine rings is 2. The highest BCUT2D eigenvalue weighted by atomic mass is 31.1. The lowest BCUT2D eigenvalue weighted by Gasteiger charge is -2.36. The van der Waals surface area contributed by atoms with Crippen molar-refractivity contribution in [2.24, 2.45) is 0 Å². The summed E-state index contributed by atoms with van der Waals surface area (Å²) in [5.74, 6) is 0.940. The summed E-state index contributed by atoms with van der Waals surface area (Å²) in [6.45, 7) is 4.72. The number of nitrogens with zero attached hydrogens (tertiary/aromatic N) is 3. The molecule has 0 N–H and O–H groups in total. The van der Waals surface area contributed by atoms with Crippen LogP contribution >= 0.6 is 7.92 Å². The third-order valence-electron chi connectivity index (χ3n) is 9.34. The van der Waals surface area contributed by atoms with Crippen molar-refractivity contribution in [1.29, 1.82) is 0 Å². The molecule has 1 aliphatic heterocycles. The molecule has 0 atom stereocenters. The van der Waals surface area contributed by atoms with Crippen molar-refractivity contribution in [2.75, 3.05) is 4.90 Å². The zero-order valence-electron chi connectivity index (χ0n) is 26.7. The van der Waals surface area contributed by atoms with Gasteiger partial charge in [-0.05, 0) is 92.2 Å². The number of hydrogen-bond acceptors (Lipinski definition) is 3. The third-order valence-corrected chi connectivity index (χ3v) is 12.3. The lowest BCUT2D eigenvalue weighted by Crippen LogP contribution is -2.28. The van der Waals surface area contributed by atoms with Gasteiger partial charge in [0.15, 0.2) is 0 Å². The Morgan fingerprint density at radius 1 is 0.596 bits per heavy atom. The number of fused-ring (bicyclic) bond motifs is 3. The van der Waals surface area contributed by atoms with Gasteiger partial charge in [-0.15, -0.1) is 0 Å². The molecule has 0 aliphatic carbocycles. The second-order valence-electron chi connectivity index (χ2n) is 12.6. The molecule has 0 amide bonds. The van der Waals surface area contributed by atoms with Gasteiger partial charge in [-0.2, -0.15) is 0 Å². The van der Waals surface area contributed by atoms with Crippen LogP contribution in [0.2, 0.25) is 0 Å². The minimum Gasteiger partial charge on any atom is -0.294 e. The zero-order chi connectivity index (χ0) is 31.8. The summed E-state index contributed by atoms with van der Waals surface area (Å²) >= 11 is 0. The van der Waals surface area contributed by atoms with Gasteiger partial charge in [0, 0.05) is 22.3 Å². The van der Waals surface area contributed by atoms with E-state index in [1.54, 1.807) is 0 Å². The fraction of sp³-hybridized carbons (Fsp3) is 0.116. The van der Waals surface area contributed by atoms with E-state index in [4.69, 9.17) is 9.97 Å². The summed E-state index contributed by atoms with van der Waals surface area (Å²) in [7, 11) is -0.751. The monoisotopic (exact) mass is 625 g/mol. The second-order valence-corrected chi connectivity index (χ2v) is 15.5. The molecule has 0 bridgehead atoms. The maximum Gasteiger partial charge on any atom is 0.137 e. The summed E-state index contributed by atoms with van der Waals surface area (Å²) < 4.78 is 0. The smallest absolute Gasteiger partial charge is 0.137 e. The van der Waals surface area contributed by atoms with E-state index in [0.717, 1.165) is 46.4 Å². The van der Waals surface area contributed by atoms with Crippen LogP contribution in [0.25, 0.3) is 22.0 Å². The predicted octanol–water partition coefficient (Wildman–Crippen LogP) is 10.2. The van der Waals surface area contributed by atoms with Gasteiger partial charge in [-0.1, -0.05) is 121 Å². The molecule has 0 saturated heterocycles. The molecule has 47 heavy (non-hydrogen) atoms. The van der Waals surface area contributed by atoms with Crippen LogP contribution in [-0.2, 0) is 18.0 Å². The first-order valence-corrected chi connectivity index (χ1v) is 17.6. The van der Waals surface area contributed by atoms with Crippen LogP contribution in [0.3, 0.4) is 0 Å². The second kappa shape index (κ2) is 12.2. The minimum absolute atomic E-state index is 0.237. The van der Waals surface area contributed by atoms with Gasteiger partial charge in [0.2, 0.25) is 0 Å². The molecular formula is C43H36N3P. The first-order valence-electron chi connectivity index (χ1n) is 16.3. The first kappa shape index (κ1) is 29.3. The number of benzene rings is 5. The molecule has 3 heterocycles. The van der Waals surface area contributed by atoms with Gasteiger partial charge >= 0.3 is 0 Å². The van der Waals surface area contributed by atoms with E-state index in [9.17, 15) is 0 Å². The van der Waals surface area contributed by atoms with Gasteiger partial charge < -0.3 is 0 Å². The molecule has 1 aliphatic rings. The number of aromatic nitrogens is 2. The Bertz CT molecular complexity index is 2150. The molecular weight excluding hydrogens is 589 g/mol. The molecule has 3 nitrogen and oxygen atoms in total. The normalized spacial score (nSPS) is 12.9. The van der Waals surface area contributed by atoms with Gasteiger partial charge in [0.25, 0.3) is 0 Å². The van der Waals surface area contributed by atoms with Gasteiger partial charge in [-0.25, -0.2) is 4.98 Å². The van der Waals surface area contributed by atoms with Crippen LogP contribution in [0, 0.1) is 0 Å². The molecule has 0 saturated carbocycles. The van der Waals surface area contributed by atoms with Crippen LogP contribution in [0.15, 0.2) is 158 Å². The highest BCUT2D eigenvalue weighted by Gasteiger charge is 2.35. The van der Waals surface area contributed by atoms with Crippen LogP contribution < -0.4 is 15.5 Å². The predicted molar refractivity (Wildman–Crippen MR) is 199 cm³/mol. The van der Waals surface area contributed by atoms with E-state index >= 15 is 0 Å². The number of hydrogen-bond donors (Lipinski definition) is 0. The molecule has 228 valence electrons. The molecule has 5 aromatic carbocycles. The van der Waals surface area contributed by atoms with Crippen LogP contribution in [0.1, 0.15) is 30.7 Å². The lowest BCUT2D eigenvalue weighted by atomic mass is 9.98. The Kier molecular flexibility index (Phi) is 7.64. The molecule has 0 unspecified atom stereocenters. The molecule has 8 rings (SSSR count). The average Bonchev–Trinajstić information content (AvgIpc) is 3.29. The topological polar surface area (TPSA) is 29.0 Å². The molecule has 2 aromatic heterocycles. The van der Waals surface area contributed by atoms with Gasteiger partial charge in [0.1, 0.15) is 5.82 Å². The van der Waals surface area contributed by atoms with Crippen molar-refractivity contribution in [1.82, 2.24) is 9.97 Å². The molecule has 4 heteroatoms. The van der Waals surface area contributed by atoms with Crippen LogP contribution in [-0.4, -0.2) is 9.97 Å².